The number of carboxylic acid groups (broad SMARTS) is 1. The van der Waals surface area contributed by atoms with Crippen molar-refractivity contribution >= 4 is 5.97 Å². The van der Waals surface area contributed by atoms with E-state index in [-0.39, 0.29) is 13.0 Å². The maximum atomic E-state index is 10.4. The van der Waals surface area contributed by atoms with Crippen molar-refractivity contribution in [3.8, 4) is 0 Å². The van der Waals surface area contributed by atoms with Crippen LogP contribution in [0.3, 0.4) is 0 Å². The highest BCUT2D eigenvalue weighted by molar-refractivity contribution is 5.66. The molecule has 0 aromatic carbocycles. The molecular formula is C10H20NO3+. The van der Waals surface area contributed by atoms with E-state index >= 15 is 0 Å². The standard InChI is InChI=1S/C10H19NO3/c12-9-8-11(5-1-2-6-11)7-3-4-10(13)14/h12H,1-9H2/p+1. The fraction of sp³-hybridized carbons (Fsp3) is 0.900. The monoisotopic (exact) mass is 202 g/mol. The minimum absolute atomic E-state index is 0.215. The molecule has 0 unspecified atom stereocenters. The number of nitrogens with zero attached hydrogens (tertiary/aromatic N) is 1. The third-order valence-corrected chi connectivity index (χ3v) is 3.11. The minimum atomic E-state index is -0.716. The Hall–Kier alpha value is -0.610. The van der Waals surface area contributed by atoms with Crippen molar-refractivity contribution in [2.75, 3.05) is 32.8 Å². The summed E-state index contributed by atoms with van der Waals surface area (Å²) in [7, 11) is 0. The molecule has 0 atom stereocenters. The van der Waals surface area contributed by atoms with Gasteiger partial charge in [0.1, 0.15) is 6.54 Å². The van der Waals surface area contributed by atoms with Crippen LogP contribution in [-0.4, -0.2) is 53.5 Å². The Morgan fingerprint density at radius 2 is 1.86 bits per heavy atom. The SMILES string of the molecule is O=C(O)CCC[N+]1(CCO)CCCC1. The van der Waals surface area contributed by atoms with Gasteiger partial charge in [-0.3, -0.25) is 4.79 Å². The maximum absolute atomic E-state index is 10.4. The first-order valence-corrected chi connectivity index (χ1v) is 5.36. The van der Waals surface area contributed by atoms with Crippen molar-refractivity contribution in [3.63, 3.8) is 0 Å². The summed E-state index contributed by atoms with van der Waals surface area (Å²) < 4.78 is 0.934. The fourth-order valence-corrected chi connectivity index (χ4v) is 2.34. The molecular weight excluding hydrogens is 182 g/mol. The quantitative estimate of drug-likeness (QED) is 0.615. The molecule has 0 amide bonds. The minimum Gasteiger partial charge on any atom is -0.481 e. The molecule has 1 aliphatic heterocycles. The Labute approximate surface area is 84.7 Å². The van der Waals surface area contributed by atoms with Crippen LogP contribution in [-0.2, 0) is 4.79 Å². The number of carboxylic acids is 1. The summed E-state index contributed by atoms with van der Waals surface area (Å²) >= 11 is 0. The predicted octanol–water partition coefficient (Wildman–Crippen LogP) is 0.454. The first kappa shape index (κ1) is 11.5. The normalized spacial score (nSPS) is 19.8. The zero-order valence-electron chi connectivity index (χ0n) is 8.61. The van der Waals surface area contributed by atoms with Crippen molar-refractivity contribution < 1.29 is 19.5 Å². The van der Waals surface area contributed by atoms with Crippen LogP contribution in [0.25, 0.3) is 0 Å². The molecule has 0 spiro atoms. The molecule has 0 saturated carbocycles. The van der Waals surface area contributed by atoms with E-state index in [0.717, 1.165) is 37.1 Å². The summed E-state index contributed by atoms with van der Waals surface area (Å²) in [5.41, 5.74) is 0. The molecule has 0 aromatic rings. The highest BCUT2D eigenvalue weighted by atomic mass is 16.4. The number of hydrogen-bond acceptors (Lipinski definition) is 2. The lowest BCUT2D eigenvalue weighted by Crippen LogP contribution is -2.48. The van der Waals surface area contributed by atoms with Crippen LogP contribution in [0.15, 0.2) is 0 Å². The zero-order valence-corrected chi connectivity index (χ0v) is 8.61. The van der Waals surface area contributed by atoms with Gasteiger partial charge in [-0.2, -0.15) is 0 Å². The lowest BCUT2D eigenvalue weighted by Gasteiger charge is -2.33. The zero-order chi connectivity index (χ0) is 10.4. The molecule has 14 heavy (non-hydrogen) atoms. The van der Waals surface area contributed by atoms with Gasteiger partial charge in [0.2, 0.25) is 0 Å². The third-order valence-electron chi connectivity index (χ3n) is 3.11. The summed E-state index contributed by atoms with van der Waals surface area (Å²) in [6, 6.07) is 0. The molecule has 4 nitrogen and oxygen atoms in total. The van der Waals surface area contributed by atoms with Gasteiger partial charge in [0.25, 0.3) is 0 Å². The summed E-state index contributed by atoms with van der Waals surface area (Å²) in [6.45, 7) is 4.14. The molecule has 4 heteroatoms. The topological polar surface area (TPSA) is 57.5 Å². The molecule has 1 saturated heterocycles. The Bertz CT molecular complexity index is 188. The molecule has 0 aromatic heterocycles. The van der Waals surface area contributed by atoms with Crippen LogP contribution in [0.2, 0.25) is 0 Å². The number of rotatable bonds is 6. The first-order chi connectivity index (χ1) is 6.68. The van der Waals surface area contributed by atoms with Crippen LogP contribution in [0.5, 0.6) is 0 Å². The van der Waals surface area contributed by atoms with E-state index in [1.54, 1.807) is 0 Å². The molecule has 0 aliphatic carbocycles. The van der Waals surface area contributed by atoms with Gasteiger partial charge < -0.3 is 14.7 Å². The van der Waals surface area contributed by atoms with E-state index in [1.807, 2.05) is 0 Å². The number of quaternary nitrogens is 1. The van der Waals surface area contributed by atoms with Crippen LogP contribution in [0, 0.1) is 0 Å². The maximum Gasteiger partial charge on any atom is 0.303 e. The molecule has 0 bridgehead atoms. The van der Waals surface area contributed by atoms with E-state index in [4.69, 9.17) is 10.2 Å². The molecule has 1 rings (SSSR count). The van der Waals surface area contributed by atoms with Gasteiger partial charge in [0.05, 0.1) is 32.7 Å². The highest BCUT2D eigenvalue weighted by Gasteiger charge is 2.30. The number of aliphatic hydroxyl groups is 1. The Morgan fingerprint density at radius 3 is 2.36 bits per heavy atom. The van der Waals surface area contributed by atoms with Gasteiger partial charge in [-0.15, -0.1) is 0 Å². The molecule has 1 fully saturated rings. The number of likely N-dealkylation sites (tertiary alicyclic amines) is 1. The van der Waals surface area contributed by atoms with E-state index in [1.165, 1.54) is 12.8 Å². The number of aliphatic hydroxyl groups excluding tert-OH is 1. The van der Waals surface area contributed by atoms with E-state index < -0.39 is 5.97 Å². The summed E-state index contributed by atoms with van der Waals surface area (Å²) in [6.07, 6.45) is 3.42. The van der Waals surface area contributed by atoms with Crippen LogP contribution in [0.4, 0.5) is 0 Å². The van der Waals surface area contributed by atoms with Crippen LogP contribution >= 0.6 is 0 Å². The van der Waals surface area contributed by atoms with Crippen molar-refractivity contribution in [3.05, 3.63) is 0 Å². The number of hydrogen-bond donors (Lipinski definition) is 2. The number of aliphatic carboxylic acids is 1. The predicted molar refractivity (Wildman–Crippen MR) is 52.9 cm³/mol. The van der Waals surface area contributed by atoms with E-state index in [0.29, 0.717) is 0 Å². The number of carbonyl (C=O) groups is 1. The van der Waals surface area contributed by atoms with Gasteiger partial charge in [-0.25, -0.2) is 0 Å². The average Bonchev–Trinajstić information content (AvgIpc) is 2.53. The van der Waals surface area contributed by atoms with Gasteiger partial charge in [-0.1, -0.05) is 0 Å². The lowest BCUT2D eigenvalue weighted by molar-refractivity contribution is -0.917. The molecule has 82 valence electrons. The second kappa shape index (κ2) is 5.32. The largest absolute Gasteiger partial charge is 0.481 e. The fourth-order valence-electron chi connectivity index (χ4n) is 2.34. The smallest absolute Gasteiger partial charge is 0.303 e. The highest BCUT2D eigenvalue weighted by Crippen LogP contribution is 2.19. The van der Waals surface area contributed by atoms with Gasteiger partial charge in [-0.05, 0) is 0 Å². The van der Waals surface area contributed by atoms with Crippen LogP contribution in [0.1, 0.15) is 25.7 Å². The van der Waals surface area contributed by atoms with Gasteiger partial charge in [0, 0.05) is 19.3 Å². The summed E-state index contributed by atoms with van der Waals surface area (Å²) in [5, 5.41) is 17.5. The van der Waals surface area contributed by atoms with Crippen LogP contribution < -0.4 is 0 Å². The second-order valence-corrected chi connectivity index (χ2v) is 4.16. The Kier molecular flexibility index (Phi) is 4.35. The summed E-state index contributed by atoms with van der Waals surface area (Å²) in [4.78, 5) is 10.4. The van der Waals surface area contributed by atoms with Crippen molar-refractivity contribution in [1.29, 1.82) is 0 Å². The molecule has 0 radical (unpaired) electrons. The molecule has 1 heterocycles. The molecule has 2 N–H and O–H groups in total. The van der Waals surface area contributed by atoms with Crippen molar-refractivity contribution in [2.45, 2.75) is 25.7 Å². The average molecular weight is 202 g/mol. The molecule has 1 aliphatic rings. The Morgan fingerprint density at radius 1 is 1.21 bits per heavy atom. The summed E-state index contributed by atoms with van der Waals surface area (Å²) in [5.74, 6) is -0.716. The first-order valence-electron chi connectivity index (χ1n) is 5.36. The van der Waals surface area contributed by atoms with E-state index in [2.05, 4.69) is 0 Å². The van der Waals surface area contributed by atoms with E-state index in [9.17, 15) is 4.79 Å². The third kappa shape index (κ3) is 3.27. The van der Waals surface area contributed by atoms with Gasteiger partial charge >= 0.3 is 5.97 Å². The second-order valence-electron chi connectivity index (χ2n) is 4.16. The van der Waals surface area contributed by atoms with Gasteiger partial charge in [0.15, 0.2) is 0 Å². The van der Waals surface area contributed by atoms with Crippen molar-refractivity contribution in [2.24, 2.45) is 0 Å². The van der Waals surface area contributed by atoms with Crippen molar-refractivity contribution in [1.82, 2.24) is 0 Å². The Balaban J connectivity index is 2.31. The lowest BCUT2D eigenvalue weighted by atomic mass is 10.2.